The van der Waals surface area contributed by atoms with E-state index in [1.54, 1.807) is 6.26 Å². The first-order valence-electron chi connectivity index (χ1n) is 4.24. The normalized spacial score (nSPS) is 18.8. The van der Waals surface area contributed by atoms with Crippen molar-refractivity contribution in [2.45, 2.75) is 25.7 Å². The van der Waals surface area contributed by atoms with Crippen molar-refractivity contribution in [1.29, 1.82) is 0 Å². The topological polar surface area (TPSA) is 9.23 Å². The standard InChI is InChI=1S/C9H14OS2/c1-12-9(11)10-7-6-8-4-2-3-5-8/h6-8H,2-5H2,1H3/b7-6+. The van der Waals surface area contributed by atoms with Crippen LogP contribution in [0.3, 0.4) is 0 Å². The summed E-state index contributed by atoms with van der Waals surface area (Å²) in [6.45, 7) is 0. The van der Waals surface area contributed by atoms with Crippen LogP contribution in [0.4, 0.5) is 0 Å². The lowest BCUT2D eigenvalue weighted by Gasteiger charge is -2.00. The van der Waals surface area contributed by atoms with Crippen molar-refractivity contribution in [3.8, 4) is 0 Å². The van der Waals surface area contributed by atoms with Crippen LogP contribution in [0.25, 0.3) is 0 Å². The lowest BCUT2D eigenvalue weighted by atomic mass is 10.1. The number of ether oxygens (including phenoxy) is 1. The molecule has 68 valence electrons. The maximum absolute atomic E-state index is 5.17. The number of thiocarbonyl (C=S) groups is 1. The second-order valence-electron chi connectivity index (χ2n) is 2.95. The molecule has 0 bridgehead atoms. The quantitative estimate of drug-likeness (QED) is 0.502. The molecule has 1 saturated carbocycles. The number of rotatable bonds is 2. The highest BCUT2D eigenvalue weighted by atomic mass is 32.2. The van der Waals surface area contributed by atoms with E-state index in [-0.39, 0.29) is 0 Å². The summed E-state index contributed by atoms with van der Waals surface area (Å²) >= 11 is 6.35. The molecular weight excluding hydrogens is 188 g/mol. The highest BCUT2D eigenvalue weighted by molar-refractivity contribution is 8.22. The predicted octanol–water partition coefficient (Wildman–Crippen LogP) is 3.35. The van der Waals surface area contributed by atoms with Crippen LogP contribution in [-0.4, -0.2) is 10.6 Å². The fourth-order valence-corrected chi connectivity index (χ4v) is 1.61. The van der Waals surface area contributed by atoms with Gasteiger partial charge in [0.2, 0.25) is 4.38 Å². The predicted molar refractivity (Wildman–Crippen MR) is 58.3 cm³/mol. The van der Waals surface area contributed by atoms with Gasteiger partial charge >= 0.3 is 0 Å². The molecule has 0 aromatic carbocycles. The molecule has 1 aliphatic carbocycles. The van der Waals surface area contributed by atoms with Crippen molar-refractivity contribution in [2.75, 3.05) is 6.26 Å². The van der Waals surface area contributed by atoms with Gasteiger partial charge in [-0.25, -0.2) is 0 Å². The summed E-state index contributed by atoms with van der Waals surface area (Å²) in [7, 11) is 0. The van der Waals surface area contributed by atoms with E-state index in [9.17, 15) is 0 Å². The zero-order valence-corrected chi connectivity index (χ0v) is 8.92. The van der Waals surface area contributed by atoms with Crippen molar-refractivity contribution >= 4 is 28.4 Å². The molecule has 12 heavy (non-hydrogen) atoms. The van der Waals surface area contributed by atoms with Crippen LogP contribution in [0.2, 0.25) is 0 Å². The van der Waals surface area contributed by atoms with Gasteiger partial charge in [0.1, 0.15) is 0 Å². The van der Waals surface area contributed by atoms with Gasteiger partial charge in [-0.1, -0.05) is 24.6 Å². The van der Waals surface area contributed by atoms with Gasteiger partial charge in [-0.05, 0) is 43.3 Å². The van der Waals surface area contributed by atoms with Crippen LogP contribution in [0.1, 0.15) is 25.7 Å². The summed E-state index contributed by atoms with van der Waals surface area (Å²) in [5.41, 5.74) is 0. The number of hydrogen-bond donors (Lipinski definition) is 0. The van der Waals surface area contributed by atoms with E-state index in [1.165, 1.54) is 37.4 Å². The Bertz CT molecular complexity index is 171. The highest BCUT2D eigenvalue weighted by Crippen LogP contribution is 2.25. The number of allylic oxidation sites excluding steroid dienone is 1. The van der Waals surface area contributed by atoms with E-state index in [1.807, 2.05) is 6.26 Å². The molecule has 0 aromatic heterocycles. The fraction of sp³-hybridized carbons (Fsp3) is 0.667. The molecule has 0 heterocycles. The first-order valence-corrected chi connectivity index (χ1v) is 5.87. The summed E-state index contributed by atoms with van der Waals surface area (Å²) < 4.78 is 5.77. The van der Waals surface area contributed by atoms with Gasteiger partial charge in [0.25, 0.3) is 0 Å². The Labute approximate surface area is 83.6 Å². The Morgan fingerprint density at radius 2 is 2.17 bits per heavy atom. The third-order valence-electron chi connectivity index (χ3n) is 2.08. The smallest absolute Gasteiger partial charge is 0.224 e. The van der Waals surface area contributed by atoms with E-state index < -0.39 is 0 Å². The zero-order valence-electron chi connectivity index (χ0n) is 7.29. The van der Waals surface area contributed by atoms with Crippen molar-refractivity contribution in [3.05, 3.63) is 12.3 Å². The molecule has 1 fully saturated rings. The third kappa shape index (κ3) is 3.59. The second-order valence-corrected chi connectivity index (χ2v) is 4.35. The minimum atomic E-state index is 0.601. The Morgan fingerprint density at radius 3 is 2.75 bits per heavy atom. The van der Waals surface area contributed by atoms with Crippen LogP contribution < -0.4 is 0 Å². The molecule has 0 aliphatic heterocycles. The number of thioether (sulfide) groups is 1. The Balaban J connectivity index is 2.16. The van der Waals surface area contributed by atoms with E-state index >= 15 is 0 Å². The minimum Gasteiger partial charge on any atom is -0.448 e. The molecule has 1 rings (SSSR count). The molecule has 0 atom stereocenters. The summed E-state index contributed by atoms with van der Waals surface area (Å²) in [6.07, 6.45) is 11.2. The van der Waals surface area contributed by atoms with E-state index in [0.29, 0.717) is 4.38 Å². The first-order chi connectivity index (χ1) is 5.83. The second kappa shape index (κ2) is 5.60. The molecule has 1 aliphatic rings. The summed E-state index contributed by atoms with van der Waals surface area (Å²) in [4.78, 5) is 0. The molecular formula is C9H14OS2. The molecule has 0 radical (unpaired) electrons. The van der Waals surface area contributed by atoms with Gasteiger partial charge in [-0.15, -0.1) is 0 Å². The van der Waals surface area contributed by atoms with Gasteiger partial charge in [0.05, 0.1) is 6.26 Å². The van der Waals surface area contributed by atoms with Crippen molar-refractivity contribution in [2.24, 2.45) is 5.92 Å². The van der Waals surface area contributed by atoms with Crippen molar-refractivity contribution in [3.63, 3.8) is 0 Å². The third-order valence-corrected chi connectivity index (χ3v) is 3.11. The molecule has 0 amide bonds. The molecule has 0 saturated heterocycles. The van der Waals surface area contributed by atoms with Crippen LogP contribution in [0, 0.1) is 5.92 Å². The van der Waals surface area contributed by atoms with E-state index in [2.05, 4.69) is 6.08 Å². The molecule has 0 spiro atoms. The van der Waals surface area contributed by atoms with Crippen LogP contribution in [0.15, 0.2) is 12.3 Å². The molecule has 0 unspecified atom stereocenters. The maximum Gasteiger partial charge on any atom is 0.224 e. The van der Waals surface area contributed by atoms with Crippen molar-refractivity contribution < 1.29 is 4.74 Å². The largest absolute Gasteiger partial charge is 0.448 e. The summed E-state index contributed by atoms with van der Waals surface area (Å²) in [5.74, 6) is 0.731. The number of hydrogen-bond acceptors (Lipinski definition) is 3. The van der Waals surface area contributed by atoms with Gasteiger partial charge in [-0.3, -0.25) is 0 Å². The van der Waals surface area contributed by atoms with Gasteiger partial charge in [0, 0.05) is 0 Å². The molecule has 0 N–H and O–H groups in total. The van der Waals surface area contributed by atoms with Gasteiger partial charge in [0.15, 0.2) is 0 Å². The van der Waals surface area contributed by atoms with Crippen LogP contribution >= 0.6 is 24.0 Å². The van der Waals surface area contributed by atoms with E-state index in [4.69, 9.17) is 17.0 Å². The first kappa shape index (κ1) is 10.1. The van der Waals surface area contributed by atoms with E-state index in [0.717, 1.165) is 5.92 Å². The Kier molecular flexibility index (Phi) is 4.69. The lowest BCUT2D eigenvalue weighted by molar-refractivity contribution is 0.487. The molecule has 3 heteroatoms. The Morgan fingerprint density at radius 1 is 1.50 bits per heavy atom. The minimum absolute atomic E-state index is 0.601. The summed E-state index contributed by atoms with van der Waals surface area (Å²) in [5, 5.41) is 0. The average molecular weight is 202 g/mol. The highest BCUT2D eigenvalue weighted by Gasteiger charge is 2.11. The van der Waals surface area contributed by atoms with Crippen molar-refractivity contribution in [1.82, 2.24) is 0 Å². The average Bonchev–Trinajstić information content (AvgIpc) is 2.57. The maximum atomic E-state index is 5.17. The monoisotopic (exact) mass is 202 g/mol. The molecule has 0 aromatic rings. The van der Waals surface area contributed by atoms with Gasteiger partial charge in [-0.2, -0.15) is 0 Å². The van der Waals surface area contributed by atoms with Crippen LogP contribution in [-0.2, 0) is 4.74 Å². The SMILES string of the molecule is CSC(=S)O/C=C/C1CCCC1. The fourth-order valence-electron chi connectivity index (χ4n) is 1.40. The summed E-state index contributed by atoms with van der Waals surface area (Å²) in [6, 6.07) is 0. The van der Waals surface area contributed by atoms with Crippen LogP contribution in [0.5, 0.6) is 0 Å². The lowest BCUT2D eigenvalue weighted by Crippen LogP contribution is -1.90. The molecule has 1 nitrogen and oxygen atoms in total. The Hall–Kier alpha value is -0.0200. The van der Waals surface area contributed by atoms with Gasteiger partial charge < -0.3 is 4.74 Å². The zero-order chi connectivity index (χ0) is 8.81.